The molecule has 3 rings (SSSR count). The van der Waals surface area contributed by atoms with Crippen LogP contribution < -0.4 is 15.4 Å². The van der Waals surface area contributed by atoms with E-state index in [-0.39, 0.29) is 29.2 Å². The highest BCUT2D eigenvalue weighted by molar-refractivity contribution is 7.89. The van der Waals surface area contributed by atoms with Crippen LogP contribution in [0.1, 0.15) is 36.9 Å². The number of carbonyl (C=O) groups excluding carboxylic acids is 2. The third kappa shape index (κ3) is 4.76. The zero-order valence-corrected chi connectivity index (χ0v) is 16.4. The fourth-order valence-electron chi connectivity index (χ4n) is 3.22. The van der Waals surface area contributed by atoms with E-state index in [4.69, 9.17) is 5.14 Å². The van der Waals surface area contributed by atoms with Gasteiger partial charge in [-0.15, -0.1) is 0 Å². The number of hydrogen-bond donors (Lipinski definition) is 2. The average Bonchev–Trinajstić information content (AvgIpc) is 3.07. The van der Waals surface area contributed by atoms with Crippen LogP contribution >= 0.6 is 0 Å². The minimum absolute atomic E-state index is 0.0337. The second-order valence-corrected chi connectivity index (χ2v) is 8.46. The number of nitrogens with one attached hydrogen (secondary N) is 1. The molecule has 0 radical (unpaired) electrons. The van der Waals surface area contributed by atoms with Gasteiger partial charge in [0.2, 0.25) is 21.8 Å². The van der Waals surface area contributed by atoms with Gasteiger partial charge in [-0.2, -0.15) is 0 Å². The van der Waals surface area contributed by atoms with Gasteiger partial charge in [0.1, 0.15) is 0 Å². The lowest BCUT2D eigenvalue weighted by Gasteiger charge is -2.17. The molecule has 8 heteroatoms. The highest BCUT2D eigenvalue weighted by Crippen LogP contribution is 2.22. The number of amides is 2. The molecule has 2 aromatic rings. The van der Waals surface area contributed by atoms with E-state index in [2.05, 4.69) is 5.32 Å². The number of benzene rings is 2. The number of anilines is 1. The van der Waals surface area contributed by atoms with Gasteiger partial charge >= 0.3 is 0 Å². The van der Waals surface area contributed by atoms with Gasteiger partial charge in [-0.05, 0) is 48.7 Å². The molecular formula is C20H23N3O4S. The first-order valence-corrected chi connectivity index (χ1v) is 10.6. The molecule has 1 atom stereocenters. The molecule has 0 spiro atoms. The summed E-state index contributed by atoms with van der Waals surface area (Å²) < 4.78 is 22.6. The fourth-order valence-corrected chi connectivity index (χ4v) is 3.74. The zero-order chi connectivity index (χ0) is 20.3. The lowest BCUT2D eigenvalue weighted by molar-refractivity contribution is -0.121. The molecule has 28 heavy (non-hydrogen) atoms. The summed E-state index contributed by atoms with van der Waals surface area (Å²) in [6.07, 6.45) is 1.67. The molecule has 1 fully saturated rings. The maximum Gasteiger partial charge on any atom is 0.238 e. The molecule has 0 aromatic heterocycles. The summed E-state index contributed by atoms with van der Waals surface area (Å²) in [5.74, 6) is -0.0132. The first-order valence-electron chi connectivity index (χ1n) is 9.05. The number of nitrogens with zero attached hydrogens (tertiary/aromatic N) is 1. The van der Waals surface area contributed by atoms with Gasteiger partial charge in [0.25, 0.3) is 0 Å². The van der Waals surface area contributed by atoms with E-state index in [0.29, 0.717) is 6.42 Å². The molecule has 1 aliphatic rings. The molecule has 3 N–H and O–H groups in total. The van der Waals surface area contributed by atoms with Crippen molar-refractivity contribution >= 4 is 27.5 Å². The molecule has 148 valence electrons. The zero-order valence-electron chi connectivity index (χ0n) is 15.6. The van der Waals surface area contributed by atoms with Crippen LogP contribution in [0.2, 0.25) is 0 Å². The average molecular weight is 401 g/mol. The molecule has 1 unspecified atom stereocenters. The molecule has 2 aromatic carbocycles. The first kappa shape index (κ1) is 20.0. The molecule has 1 saturated heterocycles. The number of nitrogens with two attached hydrogens (primary N) is 1. The highest BCUT2D eigenvalue weighted by Gasteiger charge is 2.21. The summed E-state index contributed by atoms with van der Waals surface area (Å²) >= 11 is 0. The second kappa shape index (κ2) is 8.12. The van der Waals surface area contributed by atoms with Crippen molar-refractivity contribution in [3.05, 3.63) is 59.7 Å². The Hall–Kier alpha value is -2.71. The van der Waals surface area contributed by atoms with Crippen LogP contribution in [0.4, 0.5) is 5.69 Å². The maximum atomic E-state index is 12.3. The second-order valence-electron chi connectivity index (χ2n) is 6.90. The first-order chi connectivity index (χ1) is 13.2. The largest absolute Gasteiger partial charge is 0.349 e. The third-order valence-electron chi connectivity index (χ3n) is 4.77. The quantitative estimate of drug-likeness (QED) is 0.770. The Labute approximate surface area is 164 Å². The van der Waals surface area contributed by atoms with E-state index in [1.165, 1.54) is 12.1 Å². The maximum absolute atomic E-state index is 12.3. The Morgan fingerprint density at radius 3 is 2.32 bits per heavy atom. The van der Waals surface area contributed by atoms with E-state index in [1.54, 1.807) is 17.0 Å². The number of sulfonamides is 1. The van der Waals surface area contributed by atoms with Crippen LogP contribution in [0.3, 0.4) is 0 Å². The van der Waals surface area contributed by atoms with Crippen LogP contribution in [0.25, 0.3) is 0 Å². The summed E-state index contributed by atoms with van der Waals surface area (Å²) in [6.45, 7) is 2.56. The van der Waals surface area contributed by atoms with E-state index >= 15 is 0 Å². The van der Waals surface area contributed by atoms with Crippen molar-refractivity contribution in [1.82, 2.24) is 5.32 Å². The lowest BCUT2D eigenvalue weighted by atomic mass is 10.1. The summed E-state index contributed by atoms with van der Waals surface area (Å²) in [7, 11) is -3.73. The van der Waals surface area contributed by atoms with Gasteiger partial charge in [0.05, 0.1) is 17.4 Å². The predicted molar refractivity (Wildman–Crippen MR) is 106 cm³/mol. The molecule has 2 amide bonds. The summed E-state index contributed by atoms with van der Waals surface area (Å²) in [4.78, 5) is 25.9. The third-order valence-corrected chi connectivity index (χ3v) is 5.70. The van der Waals surface area contributed by atoms with Crippen LogP contribution in [0.5, 0.6) is 0 Å². The minimum atomic E-state index is -3.73. The number of carbonyl (C=O) groups is 2. The van der Waals surface area contributed by atoms with Gasteiger partial charge in [-0.3, -0.25) is 9.59 Å². The van der Waals surface area contributed by atoms with Crippen molar-refractivity contribution in [2.24, 2.45) is 5.14 Å². The SMILES string of the molecule is CC(NC(=O)Cc1ccc(N2CCCC2=O)cc1)c1ccc(S(N)(=O)=O)cc1. The van der Waals surface area contributed by atoms with E-state index in [1.807, 2.05) is 31.2 Å². The van der Waals surface area contributed by atoms with Gasteiger partial charge in [0.15, 0.2) is 0 Å². The Balaban J connectivity index is 1.58. The Morgan fingerprint density at radius 2 is 1.79 bits per heavy atom. The van der Waals surface area contributed by atoms with Crippen molar-refractivity contribution in [3.8, 4) is 0 Å². The molecule has 1 aliphatic heterocycles. The standard InChI is InChI=1S/C20H23N3O4S/c1-14(16-6-10-18(11-7-16)28(21,26)27)22-19(24)13-15-4-8-17(9-5-15)23-12-2-3-20(23)25/h4-11,14H,2-3,12-13H2,1H3,(H,22,24)(H2,21,26,27). The Kier molecular flexibility index (Phi) is 5.81. The van der Waals surface area contributed by atoms with E-state index < -0.39 is 10.0 Å². The Bertz CT molecular complexity index is 970. The van der Waals surface area contributed by atoms with Gasteiger partial charge < -0.3 is 10.2 Å². The predicted octanol–water partition coefficient (Wildman–Crippen LogP) is 1.88. The van der Waals surface area contributed by atoms with Crippen molar-refractivity contribution in [1.29, 1.82) is 0 Å². The summed E-state index contributed by atoms with van der Waals surface area (Å²) in [5.41, 5.74) is 2.49. The van der Waals surface area contributed by atoms with Gasteiger partial charge in [0, 0.05) is 18.7 Å². The number of hydrogen-bond acceptors (Lipinski definition) is 4. The van der Waals surface area contributed by atoms with Gasteiger partial charge in [-0.1, -0.05) is 24.3 Å². The fraction of sp³-hybridized carbons (Fsp3) is 0.300. The molecule has 7 nitrogen and oxygen atoms in total. The molecule has 0 bridgehead atoms. The van der Waals surface area contributed by atoms with Crippen molar-refractivity contribution in [2.45, 2.75) is 37.1 Å². The molecule has 1 heterocycles. The molecular weight excluding hydrogens is 378 g/mol. The number of rotatable bonds is 6. The van der Waals surface area contributed by atoms with Crippen LogP contribution in [-0.2, 0) is 26.0 Å². The summed E-state index contributed by atoms with van der Waals surface area (Å²) in [6, 6.07) is 13.3. The smallest absolute Gasteiger partial charge is 0.238 e. The monoisotopic (exact) mass is 401 g/mol. The van der Waals surface area contributed by atoms with Crippen LogP contribution in [0.15, 0.2) is 53.4 Å². The number of primary sulfonamides is 1. The van der Waals surface area contributed by atoms with Crippen molar-refractivity contribution in [3.63, 3.8) is 0 Å². The lowest BCUT2D eigenvalue weighted by Crippen LogP contribution is -2.28. The van der Waals surface area contributed by atoms with Crippen molar-refractivity contribution in [2.75, 3.05) is 11.4 Å². The molecule has 0 aliphatic carbocycles. The van der Waals surface area contributed by atoms with Crippen molar-refractivity contribution < 1.29 is 18.0 Å². The highest BCUT2D eigenvalue weighted by atomic mass is 32.2. The summed E-state index contributed by atoms with van der Waals surface area (Å²) in [5, 5.41) is 7.98. The van der Waals surface area contributed by atoms with E-state index in [9.17, 15) is 18.0 Å². The minimum Gasteiger partial charge on any atom is -0.349 e. The van der Waals surface area contributed by atoms with Crippen LogP contribution in [0, 0.1) is 0 Å². The van der Waals surface area contributed by atoms with Gasteiger partial charge in [-0.25, -0.2) is 13.6 Å². The van der Waals surface area contributed by atoms with E-state index in [0.717, 1.165) is 29.8 Å². The topological polar surface area (TPSA) is 110 Å². The Morgan fingerprint density at radius 1 is 1.14 bits per heavy atom. The normalized spacial score (nSPS) is 15.5. The van der Waals surface area contributed by atoms with Crippen LogP contribution in [-0.4, -0.2) is 26.8 Å². The molecule has 0 saturated carbocycles.